The Morgan fingerprint density at radius 1 is 1.00 bits per heavy atom. The third kappa shape index (κ3) is 5.04. The molecule has 2 N–H and O–H groups in total. The first-order valence-corrected chi connectivity index (χ1v) is 8.73. The van der Waals surface area contributed by atoms with Crippen molar-refractivity contribution in [2.75, 3.05) is 24.3 Å². The van der Waals surface area contributed by atoms with E-state index in [1.54, 1.807) is 12.1 Å². The van der Waals surface area contributed by atoms with Crippen LogP contribution in [0, 0.1) is 6.92 Å². The Bertz CT molecular complexity index is 908. The molecular weight excluding hydrogens is 338 g/mol. The summed E-state index contributed by atoms with van der Waals surface area (Å²) in [6.07, 6.45) is 0. The van der Waals surface area contributed by atoms with Gasteiger partial charge in [-0.25, -0.2) is 4.98 Å². The van der Waals surface area contributed by atoms with E-state index in [0.29, 0.717) is 18.1 Å². The maximum atomic E-state index is 12.1. The van der Waals surface area contributed by atoms with Crippen LogP contribution in [0.3, 0.4) is 0 Å². The SMILES string of the molecule is Cc1cc(N(C)C)nc(Nc2ccc(CNC(=O)c3ccccc3)cc2)n1. The van der Waals surface area contributed by atoms with Crippen LogP contribution in [0.15, 0.2) is 60.7 Å². The summed E-state index contributed by atoms with van der Waals surface area (Å²) in [5.74, 6) is 1.33. The molecule has 6 heteroatoms. The first-order chi connectivity index (χ1) is 13.0. The second kappa shape index (κ2) is 8.31. The van der Waals surface area contributed by atoms with Gasteiger partial charge in [-0.1, -0.05) is 30.3 Å². The van der Waals surface area contributed by atoms with Gasteiger partial charge in [-0.05, 0) is 36.8 Å². The number of amides is 1. The number of carbonyl (C=O) groups excluding carboxylic acids is 1. The zero-order valence-electron chi connectivity index (χ0n) is 15.7. The number of rotatable bonds is 6. The summed E-state index contributed by atoms with van der Waals surface area (Å²) in [4.78, 5) is 23.0. The fourth-order valence-electron chi connectivity index (χ4n) is 2.55. The van der Waals surface area contributed by atoms with E-state index in [-0.39, 0.29) is 5.91 Å². The molecule has 0 unspecified atom stereocenters. The monoisotopic (exact) mass is 361 g/mol. The highest BCUT2D eigenvalue weighted by Crippen LogP contribution is 2.17. The van der Waals surface area contributed by atoms with Gasteiger partial charge in [0.1, 0.15) is 5.82 Å². The lowest BCUT2D eigenvalue weighted by Crippen LogP contribution is -2.22. The normalized spacial score (nSPS) is 10.3. The highest BCUT2D eigenvalue weighted by atomic mass is 16.1. The molecule has 0 atom stereocenters. The van der Waals surface area contributed by atoms with E-state index in [2.05, 4.69) is 20.6 Å². The van der Waals surface area contributed by atoms with Crippen LogP contribution in [0.5, 0.6) is 0 Å². The van der Waals surface area contributed by atoms with Gasteiger partial charge in [-0.3, -0.25) is 4.79 Å². The maximum absolute atomic E-state index is 12.1. The fourth-order valence-corrected chi connectivity index (χ4v) is 2.55. The van der Waals surface area contributed by atoms with Crippen LogP contribution in [0.1, 0.15) is 21.6 Å². The first-order valence-electron chi connectivity index (χ1n) is 8.73. The molecule has 3 aromatic rings. The number of aromatic nitrogens is 2. The van der Waals surface area contributed by atoms with E-state index >= 15 is 0 Å². The summed E-state index contributed by atoms with van der Waals surface area (Å²) >= 11 is 0. The summed E-state index contributed by atoms with van der Waals surface area (Å²) in [7, 11) is 3.90. The van der Waals surface area contributed by atoms with Gasteiger partial charge in [-0.2, -0.15) is 4.98 Å². The summed E-state index contributed by atoms with van der Waals surface area (Å²) in [5, 5.41) is 6.14. The van der Waals surface area contributed by atoms with Gasteiger partial charge in [-0.15, -0.1) is 0 Å². The Morgan fingerprint density at radius 2 is 1.70 bits per heavy atom. The third-order valence-corrected chi connectivity index (χ3v) is 4.00. The van der Waals surface area contributed by atoms with Crippen LogP contribution in [-0.4, -0.2) is 30.0 Å². The minimum Gasteiger partial charge on any atom is -0.363 e. The Morgan fingerprint density at radius 3 is 2.37 bits per heavy atom. The lowest BCUT2D eigenvalue weighted by Gasteiger charge is -2.14. The molecule has 1 heterocycles. The van der Waals surface area contributed by atoms with Crippen LogP contribution in [0.2, 0.25) is 0 Å². The van der Waals surface area contributed by atoms with Crippen LogP contribution in [-0.2, 0) is 6.54 Å². The van der Waals surface area contributed by atoms with Crippen molar-refractivity contribution in [1.29, 1.82) is 0 Å². The summed E-state index contributed by atoms with van der Waals surface area (Å²) in [6.45, 7) is 2.41. The quantitative estimate of drug-likeness (QED) is 0.703. The average Bonchev–Trinajstić information content (AvgIpc) is 2.67. The Hall–Kier alpha value is -3.41. The van der Waals surface area contributed by atoms with Crippen LogP contribution < -0.4 is 15.5 Å². The Labute approximate surface area is 159 Å². The number of benzene rings is 2. The molecule has 0 aliphatic rings. The number of aryl methyl sites for hydroxylation is 1. The van der Waals surface area contributed by atoms with Crippen molar-refractivity contribution in [2.24, 2.45) is 0 Å². The zero-order chi connectivity index (χ0) is 19.2. The van der Waals surface area contributed by atoms with E-state index < -0.39 is 0 Å². The van der Waals surface area contributed by atoms with Crippen molar-refractivity contribution in [3.05, 3.63) is 77.5 Å². The minimum atomic E-state index is -0.0813. The van der Waals surface area contributed by atoms with E-state index in [0.717, 1.165) is 22.8 Å². The topological polar surface area (TPSA) is 70.2 Å². The number of hydrogen-bond acceptors (Lipinski definition) is 5. The van der Waals surface area contributed by atoms with E-state index in [4.69, 9.17) is 0 Å². The Kier molecular flexibility index (Phi) is 5.66. The standard InChI is InChI=1S/C21H23N5O/c1-15-13-19(26(2)3)25-21(23-15)24-18-11-9-16(10-12-18)14-22-20(27)17-7-5-4-6-8-17/h4-13H,14H2,1-3H3,(H,22,27)(H,23,24,25). The maximum Gasteiger partial charge on any atom is 0.251 e. The van der Waals surface area contributed by atoms with Gasteiger partial charge in [0.15, 0.2) is 0 Å². The minimum absolute atomic E-state index is 0.0813. The lowest BCUT2D eigenvalue weighted by molar-refractivity contribution is 0.0951. The molecule has 1 amide bonds. The molecule has 138 valence electrons. The van der Waals surface area contributed by atoms with Crippen LogP contribution in [0.4, 0.5) is 17.5 Å². The molecule has 0 saturated carbocycles. The molecule has 3 rings (SSSR count). The zero-order valence-corrected chi connectivity index (χ0v) is 15.7. The number of hydrogen-bond donors (Lipinski definition) is 2. The molecule has 0 aliphatic carbocycles. The van der Waals surface area contributed by atoms with Gasteiger partial charge in [0, 0.05) is 43.7 Å². The average molecular weight is 361 g/mol. The van der Waals surface area contributed by atoms with E-state index in [9.17, 15) is 4.79 Å². The van der Waals surface area contributed by atoms with Crippen molar-refractivity contribution in [1.82, 2.24) is 15.3 Å². The fraction of sp³-hybridized carbons (Fsp3) is 0.190. The molecule has 0 aliphatic heterocycles. The number of nitrogens with one attached hydrogen (secondary N) is 2. The molecule has 6 nitrogen and oxygen atoms in total. The van der Waals surface area contributed by atoms with Crippen molar-refractivity contribution >= 4 is 23.4 Å². The molecule has 0 fully saturated rings. The molecular formula is C21H23N5O. The molecule has 0 radical (unpaired) electrons. The van der Waals surface area contributed by atoms with Gasteiger partial charge in [0.25, 0.3) is 5.91 Å². The van der Waals surface area contributed by atoms with Crippen LogP contribution in [0.25, 0.3) is 0 Å². The van der Waals surface area contributed by atoms with E-state index in [1.165, 1.54) is 0 Å². The summed E-state index contributed by atoms with van der Waals surface area (Å²) < 4.78 is 0. The molecule has 2 aromatic carbocycles. The highest BCUT2D eigenvalue weighted by Gasteiger charge is 2.06. The van der Waals surface area contributed by atoms with E-state index in [1.807, 2.05) is 74.4 Å². The number of anilines is 3. The summed E-state index contributed by atoms with van der Waals surface area (Å²) in [6, 6.07) is 19.0. The largest absolute Gasteiger partial charge is 0.363 e. The predicted octanol–water partition coefficient (Wildman–Crippen LogP) is 3.52. The third-order valence-electron chi connectivity index (χ3n) is 4.00. The first kappa shape index (κ1) is 18.4. The molecule has 0 spiro atoms. The highest BCUT2D eigenvalue weighted by molar-refractivity contribution is 5.94. The Balaban J connectivity index is 1.61. The second-order valence-corrected chi connectivity index (χ2v) is 6.46. The van der Waals surface area contributed by atoms with Gasteiger partial charge in [0.05, 0.1) is 0 Å². The molecule has 27 heavy (non-hydrogen) atoms. The number of nitrogens with zero attached hydrogens (tertiary/aromatic N) is 3. The smallest absolute Gasteiger partial charge is 0.251 e. The lowest BCUT2D eigenvalue weighted by atomic mass is 10.2. The predicted molar refractivity (Wildman–Crippen MR) is 108 cm³/mol. The van der Waals surface area contributed by atoms with Crippen LogP contribution >= 0.6 is 0 Å². The molecule has 1 aromatic heterocycles. The van der Waals surface area contributed by atoms with Crippen molar-refractivity contribution < 1.29 is 4.79 Å². The second-order valence-electron chi connectivity index (χ2n) is 6.46. The van der Waals surface area contributed by atoms with Crippen molar-refractivity contribution in [3.63, 3.8) is 0 Å². The van der Waals surface area contributed by atoms with Crippen molar-refractivity contribution in [3.8, 4) is 0 Å². The van der Waals surface area contributed by atoms with Gasteiger partial charge < -0.3 is 15.5 Å². The van der Waals surface area contributed by atoms with Gasteiger partial charge in [0.2, 0.25) is 5.95 Å². The van der Waals surface area contributed by atoms with Gasteiger partial charge >= 0.3 is 0 Å². The molecule has 0 bridgehead atoms. The van der Waals surface area contributed by atoms with Crippen molar-refractivity contribution in [2.45, 2.75) is 13.5 Å². The summed E-state index contributed by atoms with van der Waals surface area (Å²) in [5.41, 5.74) is 3.47. The number of carbonyl (C=O) groups is 1. The molecule has 0 saturated heterocycles.